The Bertz CT molecular complexity index is 702. The molecular weight excluding hydrogens is 376 g/mol. The Hall–Kier alpha value is -2.49. The van der Waals surface area contributed by atoms with Crippen molar-refractivity contribution in [3.63, 3.8) is 0 Å². The lowest BCUT2D eigenvalue weighted by atomic mass is 9.97. The molecule has 2 fully saturated rings. The second-order valence-corrected chi connectivity index (χ2v) is 7.49. The molecule has 0 aromatic carbocycles. The summed E-state index contributed by atoms with van der Waals surface area (Å²) in [6, 6.07) is 0. The van der Waals surface area contributed by atoms with E-state index in [-0.39, 0.29) is 23.4 Å². The van der Waals surface area contributed by atoms with Crippen molar-refractivity contribution in [2.24, 2.45) is 5.92 Å². The number of ether oxygens (including phenoxy) is 1. The molecule has 0 bridgehead atoms. The molecule has 1 N–H and O–H groups in total. The summed E-state index contributed by atoms with van der Waals surface area (Å²) in [7, 11) is 0. The highest BCUT2D eigenvalue weighted by atomic mass is 16.6. The van der Waals surface area contributed by atoms with Gasteiger partial charge in [-0.25, -0.2) is 9.97 Å². The molecule has 0 atom stereocenters. The van der Waals surface area contributed by atoms with Gasteiger partial charge in [0.1, 0.15) is 6.33 Å². The quantitative estimate of drug-likeness (QED) is 0.285. The fourth-order valence-corrected chi connectivity index (χ4v) is 4.00. The number of hydrogen-bond donors (Lipinski definition) is 1. The Morgan fingerprint density at radius 1 is 1.28 bits per heavy atom. The molecule has 0 aliphatic carbocycles. The Kier molecular flexibility index (Phi) is 7.56. The van der Waals surface area contributed by atoms with E-state index < -0.39 is 4.92 Å². The summed E-state index contributed by atoms with van der Waals surface area (Å²) in [5.74, 6) is 0.225. The van der Waals surface area contributed by atoms with Crippen molar-refractivity contribution in [2.45, 2.75) is 39.0 Å². The molecule has 2 aliphatic rings. The second-order valence-electron chi connectivity index (χ2n) is 7.49. The topological polar surface area (TPSA) is 114 Å². The number of nitro groups is 1. The minimum Gasteiger partial charge on any atom is -0.466 e. The lowest BCUT2D eigenvalue weighted by Crippen LogP contribution is -2.37. The summed E-state index contributed by atoms with van der Waals surface area (Å²) in [6.45, 7) is 7.09. The maximum absolute atomic E-state index is 11.9. The van der Waals surface area contributed by atoms with Crippen LogP contribution >= 0.6 is 0 Å². The first-order chi connectivity index (χ1) is 14.1. The van der Waals surface area contributed by atoms with Crippen molar-refractivity contribution in [1.82, 2.24) is 14.9 Å². The summed E-state index contributed by atoms with van der Waals surface area (Å²) in [4.78, 5) is 35.8. The summed E-state index contributed by atoms with van der Waals surface area (Å²) in [5.41, 5.74) is -0.0942. The highest BCUT2D eigenvalue weighted by Crippen LogP contribution is 2.34. The first kappa shape index (κ1) is 21.2. The lowest BCUT2D eigenvalue weighted by Gasteiger charge is -2.31. The number of rotatable bonds is 9. The van der Waals surface area contributed by atoms with Crippen LogP contribution in [0.1, 0.15) is 39.0 Å². The fraction of sp³-hybridized carbons (Fsp3) is 0.737. The second kappa shape index (κ2) is 10.3. The molecule has 160 valence electrons. The van der Waals surface area contributed by atoms with Gasteiger partial charge in [0.05, 0.1) is 17.4 Å². The van der Waals surface area contributed by atoms with Crippen molar-refractivity contribution in [2.75, 3.05) is 56.1 Å². The van der Waals surface area contributed by atoms with Gasteiger partial charge < -0.3 is 19.9 Å². The van der Waals surface area contributed by atoms with E-state index in [2.05, 4.69) is 20.2 Å². The van der Waals surface area contributed by atoms with Crippen LogP contribution in [0.5, 0.6) is 0 Å². The normalized spacial score (nSPS) is 18.0. The smallest absolute Gasteiger partial charge is 0.353 e. The number of carbonyl (C=O) groups excluding carboxylic acids is 1. The Labute approximate surface area is 170 Å². The first-order valence-electron chi connectivity index (χ1n) is 10.5. The molecule has 0 spiro atoms. The van der Waals surface area contributed by atoms with Crippen molar-refractivity contribution < 1.29 is 14.5 Å². The van der Waals surface area contributed by atoms with Crippen LogP contribution in [-0.2, 0) is 9.53 Å². The zero-order chi connectivity index (χ0) is 20.6. The van der Waals surface area contributed by atoms with Crippen molar-refractivity contribution in [3.05, 3.63) is 16.4 Å². The minimum atomic E-state index is -0.421. The molecule has 1 aromatic heterocycles. The molecular formula is C19H30N6O4. The highest BCUT2D eigenvalue weighted by Gasteiger charge is 2.32. The largest absolute Gasteiger partial charge is 0.466 e. The average molecular weight is 406 g/mol. The number of aromatic nitrogens is 2. The van der Waals surface area contributed by atoms with Crippen LogP contribution in [0.4, 0.5) is 17.3 Å². The van der Waals surface area contributed by atoms with E-state index in [1.807, 2.05) is 4.90 Å². The monoisotopic (exact) mass is 406 g/mol. The Morgan fingerprint density at radius 3 is 2.66 bits per heavy atom. The number of nitrogens with one attached hydrogen (secondary N) is 1. The molecule has 10 heteroatoms. The number of anilines is 2. The molecule has 10 nitrogen and oxygen atoms in total. The molecule has 29 heavy (non-hydrogen) atoms. The number of esters is 1. The fourth-order valence-electron chi connectivity index (χ4n) is 4.00. The summed E-state index contributed by atoms with van der Waals surface area (Å²) >= 11 is 0. The molecule has 3 rings (SSSR count). The zero-order valence-corrected chi connectivity index (χ0v) is 17.0. The van der Waals surface area contributed by atoms with E-state index in [0.717, 1.165) is 26.1 Å². The highest BCUT2D eigenvalue weighted by molar-refractivity contribution is 5.74. The Balaban J connectivity index is 1.61. The summed E-state index contributed by atoms with van der Waals surface area (Å²) in [6.07, 6.45) is 5.96. The first-order valence-corrected chi connectivity index (χ1v) is 10.5. The number of likely N-dealkylation sites (tertiary alicyclic amines) is 1. The molecule has 0 saturated carbocycles. The standard InChI is InChI=1S/C19H30N6O4/c1-2-29-19(26)15-6-12-24(13-7-15)18-16(25(27)28)17(21-14-22-18)20-8-5-11-23-9-3-4-10-23/h14-15H,2-13H2,1H3,(H,20,21,22). The van der Waals surface area contributed by atoms with Crippen LogP contribution < -0.4 is 10.2 Å². The summed E-state index contributed by atoms with van der Waals surface area (Å²) < 4.78 is 5.09. The van der Waals surface area contributed by atoms with E-state index in [9.17, 15) is 14.9 Å². The molecule has 0 amide bonds. The number of carbonyl (C=O) groups is 1. The molecule has 0 unspecified atom stereocenters. The summed E-state index contributed by atoms with van der Waals surface area (Å²) in [5, 5.41) is 14.9. The average Bonchev–Trinajstić information content (AvgIpc) is 3.24. The van der Waals surface area contributed by atoms with E-state index in [0.29, 0.717) is 44.9 Å². The van der Waals surface area contributed by atoms with Gasteiger partial charge in [-0.2, -0.15) is 0 Å². The number of nitrogens with zero attached hydrogens (tertiary/aromatic N) is 5. The molecule has 1 aromatic rings. The van der Waals surface area contributed by atoms with Gasteiger partial charge in [0, 0.05) is 19.6 Å². The van der Waals surface area contributed by atoms with Crippen molar-refractivity contribution in [1.29, 1.82) is 0 Å². The zero-order valence-electron chi connectivity index (χ0n) is 17.0. The van der Waals surface area contributed by atoms with E-state index in [1.165, 1.54) is 19.2 Å². The lowest BCUT2D eigenvalue weighted by molar-refractivity contribution is -0.383. The van der Waals surface area contributed by atoms with Gasteiger partial charge in [0.25, 0.3) is 0 Å². The SMILES string of the molecule is CCOC(=O)C1CCN(c2ncnc(NCCCN3CCCC3)c2[N+](=O)[O-])CC1. The van der Waals surface area contributed by atoms with Crippen LogP contribution in [0.2, 0.25) is 0 Å². The van der Waals surface area contributed by atoms with Crippen LogP contribution in [0.25, 0.3) is 0 Å². The number of hydrogen-bond acceptors (Lipinski definition) is 9. The van der Waals surface area contributed by atoms with Crippen molar-refractivity contribution >= 4 is 23.3 Å². The van der Waals surface area contributed by atoms with Crippen LogP contribution in [0.3, 0.4) is 0 Å². The van der Waals surface area contributed by atoms with Gasteiger partial charge in [0.15, 0.2) is 0 Å². The van der Waals surface area contributed by atoms with Gasteiger partial charge >= 0.3 is 11.7 Å². The Morgan fingerprint density at radius 2 is 2.00 bits per heavy atom. The van der Waals surface area contributed by atoms with E-state index >= 15 is 0 Å². The van der Waals surface area contributed by atoms with Gasteiger partial charge in [-0.05, 0) is 58.7 Å². The van der Waals surface area contributed by atoms with Crippen molar-refractivity contribution in [3.8, 4) is 0 Å². The third kappa shape index (κ3) is 5.53. The van der Waals surface area contributed by atoms with Gasteiger partial charge in [0.2, 0.25) is 11.6 Å². The van der Waals surface area contributed by atoms with Gasteiger partial charge in [-0.15, -0.1) is 0 Å². The third-order valence-electron chi connectivity index (χ3n) is 5.54. The van der Waals surface area contributed by atoms with Crippen LogP contribution in [0, 0.1) is 16.0 Å². The maximum Gasteiger partial charge on any atom is 0.353 e. The predicted molar refractivity (Wildman–Crippen MR) is 109 cm³/mol. The predicted octanol–water partition coefficient (Wildman–Crippen LogP) is 2.06. The molecule has 2 saturated heterocycles. The van der Waals surface area contributed by atoms with E-state index in [4.69, 9.17) is 4.74 Å². The molecule has 3 heterocycles. The molecule has 2 aliphatic heterocycles. The molecule has 0 radical (unpaired) electrons. The maximum atomic E-state index is 11.9. The van der Waals surface area contributed by atoms with E-state index in [1.54, 1.807) is 6.92 Å². The van der Waals surface area contributed by atoms with Crippen LogP contribution in [0.15, 0.2) is 6.33 Å². The number of piperidine rings is 1. The third-order valence-corrected chi connectivity index (χ3v) is 5.54. The van der Waals surface area contributed by atoms with Crippen LogP contribution in [-0.4, -0.2) is 71.6 Å². The minimum absolute atomic E-state index is 0.0942. The van der Waals surface area contributed by atoms with Gasteiger partial charge in [-0.3, -0.25) is 14.9 Å². The van der Waals surface area contributed by atoms with Gasteiger partial charge in [-0.1, -0.05) is 0 Å².